The fourth-order valence-electron chi connectivity index (χ4n) is 3.50. The molecule has 0 unspecified atom stereocenters. The van der Waals surface area contributed by atoms with Crippen LogP contribution in [0.15, 0.2) is 18.2 Å². The minimum atomic E-state index is -0.543. The third-order valence-electron chi connectivity index (χ3n) is 5.08. The van der Waals surface area contributed by atoms with Crippen molar-refractivity contribution < 1.29 is 28.2 Å². The van der Waals surface area contributed by atoms with Crippen molar-refractivity contribution in [2.75, 3.05) is 51.3 Å². The van der Waals surface area contributed by atoms with Gasteiger partial charge >= 0.3 is 6.09 Å². The van der Waals surface area contributed by atoms with Gasteiger partial charge in [-0.1, -0.05) is 0 Å². The SMILES string of the molecule is CC(C)(C)OC(=O)N1CCC(Oc2ccc(NC(=O)CN3CCOCC3)c(F)c2)CC1. The van der Waals surface area contributed by atoms with Crippen LogP contribution in [-0.2, 0) is 14.3 Å². The Bertz CT molecular complexity index is 769. The molecule has 0 aromatic heterocycles. The molecule has 2 aliphatic rings. The molecule has 0 radical (unpaired) electrons. The van der Waals surface area contributed by atoms with Gasteiger partial charge in [-0.2, -0.15) is 0 Å². The van der Waals surface area contributed by atoms with Crippen LogP contribution in [0.2, 0.25) is 0 Å². The molecular weight excluding hydrogens is 405 g/mol. The molecule has 2 fully saturated rings. The lowest BCUT2D eigenvalue weighted by Gasteiger charge is -2.33. The Balaban J connectivity index is 1.46. The molecular formula is C22H32FN3O5. The summed E-state index contributed by atoms with van der Waals surface area (Å²) in [5.74, 6) is -0.401. The molecule has 9 heteroatoms. The maximum Gasteiger partial charge on any atom is 0.410 e. The number of morpholine rings is 1. The number of likely N-dealkylation sites (tertiary alicyclic amines) is 1. The van der Waals surface area contributed by atoms with E-state index in [1.54, 1.807) is 11.0 Å². The largest absolute Gasteiger partial charge is 0.490 e. The zero-order chi connectivity index (χ0) is 22.4. The zero-order valence-electron chi connectivity index (χ0n) is 18.5. The van der Waals surface area contributed by atoms with Crippen LogP contribution in [0.1, 0.15) is 33.6 Å². The number of halogens is 1. The Morgan fingerprint density at radius 2 is 1.84 bits per heavy atom. The molecule has 0 aliphatic carbocycles. The summed E-state index contributed by atoms with van der Waals surface area (Å²) in [7, 11) is 0. The molecule has 3 rings (SSSR count). The summed E-state index contributed by atoms with van der Waals surface area (Å²) in [6, 6.07) is 4.44. The van der Waals surface area contributed by atoms with Crippen LogP contribution in [0.4, 0.5) is 14.9 Å². The summed E-state index contributed by atoms with van der Waals surface area (Å²) in [5.41, 5.74) is -0.397. The molecule has 0 atom stereocenters. The number of ether oxygens (including phenoxy) is 3. The van der Waals surface area contributed by atoms with Gasteiger partial charge in [0.05, 0.1) is 25.4 Å². The normalized spacial score (nSPS) is 18.5. The van der Waals surface area contributed by atoms with Crippen molar-refractivity contribution >= 4 is 17.7 Å². The van der Waals surface area contributed by atoms with Crippen molar-refractivity contribution in [3.05, 3.63) is 24.0 Å². The van der Waals surface area contributed by atoms with Crippen LogP contribution in [0.25, 0.3) is 0 Å². The number of benzene rings is 1. The number of rotatable bonds is 5. The van der Waals surface area contributed by atoms with Crippen molar-refractivity contribution in [2.45, 2.75) is 45.3 Å². The van der Waals surface area contributed by atoms with Gasteiger partial charge in [0, 0.05) is 45.1 Å². The van der Waals surface area contributed by atoms with E-state index < -0.39 is 11.4 Å². The molecule has 2 saturated heterocycles. The van der Waals surface area contributed by atoms with Crippen molar-refractivity contribution in [3.8, 4) is 5.75 Å². The van der Waals surface area contributed by atoms with Gasteiger partial charge in [0.25, 0.3) is 0 Å². The van der Waals surface area contributed by atoms with E-state index in [1.807, 2.05) is 25.7 Å². The van der Waals surface area contributed by atoms with E-state index in [2.05, 4.69) is 5.32 Å². The first-order chi connectivity index (χ1) is 14.7. The van der Waals surface area contributed by atoms with E-state index in [4.69, 9.17) is 14.2 Å². The van der Waals surface area contributed by atoms with E-state index in [0.29, 0.717) is 58.0 Å². The van der Waals surface area contributed by atoms with Crippen LogP contribution < -0.4 is 10.1 Å². The fourth-order valence-corrected chi connectivity index (χ4v) is 3.50. The highest BCUT2D eigenvalue weighted by molar-refractivity contribution is 5.92. The maximum absolute atomic E-state index is 14.5. The molecule has 31 heavy (non-hydrogen) atoms. The lowest BCUT2D eigenvalue weighted by atomic mass is 10.1. The molecule has 0 saturated carbocycles. The van der Waals surface area contributed by atoms with E-state index in [-0.39, 0.29) is 30.3 Å². The van der Waals surface area contributed by atoms with Gasteiger partial charge in [-0.05, 0) is 32.9 Å². The first-order valence-electron chi connectivity index (χ1n) is 10.7. The summed E-state index contributed by atoms with van der Waals surface area (Å²) < 4.78 is 31.0. The number of piperidine rings is 1. The van der Waals surface area contributed by atoms with Gasteiger partial charge in [0.2, 0.25) is 5.91 Å². The minimum Gasteiger partial charge on any atom is -0.490 e. The van der Waals surface area contributed by atoms with Crippen LogP contribution in [-0.4, -0.2) is 79.4 Å². The number of anilines is 1. The second-order valence-electron chi connectivity index (χ2n) is 8.86. The molecule has 0 bridgehead atoms. The van der Waals surface area contributed by atoms with Crippen molar-refractivity contribution in [1.29, 1.82) is 0 Å². The fraction of sp³-hybridized carbons (Fsp3) is 0.636. The third kappa shape index (κ3) is 7.36. The second-order valence-corrected chi connectivity index (χ2v) is 8.86. The van der Waals surface area contributed by atoms with Crippen molar-refractivity contribution in [1.82, 2.24) is 9.80 Å². The Hall–Kier alpha value is -2.39. The van der Waals surface area contributed by atoms with Gasteiger partial charge in [-0.15, -0.1) is 0 Å². The standard InChI is InChI=1S/C22H32FN3O5/c1-22(2,3)31-21(28)26-8-6-16(7-9-26)30-17-4-5-19(18(23)14-17)24-20(27)15-25-10-12-29-13-11-25/h4-5,14,16H,6-13,15H2,1-3H3,(H,24,27). The molecule has 2 amide bonds. The number of hydrogen-bond acceptors (Lipinski definition) is 6. The summed E-state index contributed by atoms with van der Waals surface area (Å²) >= 11 is 0. The molecule has 2 aliphatic heterocycles. The molecule has 1 aromatic carbocycles. The summed E-state index contributed by atoms with van der Waals surface area (Å²) in [6.45, 7) is 9.35. The van der Waals surface area contributed by atoms with Gasteiger partial charge in [-0.3, -0.25) is 9.69 Å². The van der Waals surface area contributed by atoms with Gasteiger partial charge in [0.1, 0.15) is 23.3 Å². The third-order valence-corrected chi connectivity index (χ3v) is 5.08. The summed E-state index contributed by atoms with van der Waals surface area (Å²) in [4.78, 5) is 28.0. The number of carbonyl (C=O) groups excluding carboxylic acids is 2. The van der Waals surface area contributed by atoms with Crippen LogP contribution in [0.3, 0.4) is 0 Å². The zero-order valence-corrected chi connectivity index (χ0v) is 18.5. The molecule has 1 N–H and O–H groups in total. The number of nitrogens with one attached hydrogen (secondary N) is 1. The van der Waals surface area contributed by atoms with Gasteiger partial charge in [0.15, 0.2) is 0 Å². The quantitative estimate of drug-likeness (QED) is 0.763. The van der Waals surface area contributed by atoms with Crippen LogP contribution in [0.5, 0.6) is 5.75 Å². The molecule has 0 spiro atoms. The Labute approximate surface area is 182 Å². The number of carbonyl (C=O) groups is 2. The smallest absolute Gasteiger partial charge is 0.410 e. The monoisotopic (exact) mass is 437 g/mol. The number of nitrogens with zero attached hydrogens (tertiary/aromatic N) is 2. The van der Waals surface area contributed by atoms with Gasteiger partial charge < -0.3 is 24.4 Å². The van der Waals surface area contributed by atoms with Crippen LogP contribution in [0, 0.1) is 5.82 Å². The summed E-state index contributed by atoms with van der Waals surface area (Å²) in [6.07, 6.45) is 0.839. The van der Waals surface area contributed by atoms with E-state index in [9.17, 15) is 14.0 Å². The molecule has 172 valence electrons. The van der Waals surface area contributed by atoms with Crippen molar-refractivity contribution in [3.63, 3.8) is 0 Å². The highest BCUT2D eigenvalue weighted by Gasteiger charge is 2.27. The Morgan fingerprint density at radius 1 is 1.16 bits per heavy atom. The van der Waals surface area contributed by atoms with E-state index in [1.165, 1.54) is 12.1 Å². The summed E-state index contributed by atoms with van der Waals surface area (Å²) in [5, 5.41) is 2.62. The van der Waals surface area contributed by atoms with Gasteiger partial charge in [-0.25, -0.2) is 9.18 Å². The van der Waals surface area contributed by atoms with E-state index in [0.717, 1.165) is 0 Å². The van der Waals surface area contributed by atoms with Crippen LogP contribution >= 0.6 is 0 Å². The van der Waals surface area contributed by atoms with E-state index >= 15 is 0 Å². The maximum atomic E-state index is 14.5. The predicted octanol–water partition coefficient (Wildman–Crippen LogP) is 2.87. The first-order valence-corrected chi connectivity index (χ1v) is 10.7. The Morgan fingerprint density at radius 3 is 2.45 bits per heavy atom. The predicted molar refractivity (Wildman–Crippen MR) is 114 cm³/mol. The average molecular weight is 438 g/mol. The number of amides is 2. The highest BCUT2D eigenvalue weighted by Crippen LogP contribution is 2.24. The highest BCUT2D eigenvalue weighted by atomic mass is 19.1. The molecule has 2 heterocycles. The number of hydrogen-bond donors (Lipinski definition) is 1. The minimum absolute atomic E-state index is 0.111. The Kier molecular flexibility index (Phi) is 7.72. The lowest BCUT2D eigenvalue weighted by Crippen LogP contribution is -2.44. The van der Waals surface area contributed by atoms with Crippen molar-refractivity contribution in [2.24, 2.45) is 0 Å². The molecule has 1 aromatic rings. The molecule has 8 nitrogen and oxygen atoms in total. The first kappa shape index (κ1) is 23.3. The lowest BCUT2D eigenvalue weighted by molar-refractivity contribution is -0.118. The second kappa shape index (κ2) is 10.3. The average Bonchev–Trinajstić information content (AvgIpc) is 2.70. The topological polar surface area (TPSA) is 80.3 Å².